The van der Waals surface area contributed by atoms with Crippen molar-refractivity contribution in [3.8, 4) is 0 Å². The average Bonchev–Trinajstić information content (AvgIpc) is 3.22. The molecular formula is C20H24N2O2S. The van der Waals surface area contributed by atoms with Gasteiger partial charge in [0.15, 0.2) is 0 Å². The van der Waals surface area contributed by atoms with Crippen LogP contribution in [0.5, 0.6) is 0 Å². The van der Waals surface area contributed by atoms with E-state index in [4.69, 9.17) is 4.74 Å². The standard InChI is InChI=1S/C20H24N2O2S/c1-4-22(5-2)15-11-9-14(10-12-15)13-21-19-18(20(23)24-3)16-7-6-8-17(16)25-19/h9-13H,4-8H2,1-3H3. The monoisotopic (exact) mass is 356 g/mol. The molecule has 0 bridgehead atoms. The van der Waals surface area contributed by atoms with Crippen molar-refractivity contribution in [3.05, 3.63) is 45.8 Å². The summed E-state index contributed by atoms with van der Waals surface area (Å²) >= 11 is 1.62. The molecule has 0 unspecified atom stereocenters. The second-order valence-electron chi connectivity index (χ2n) is 6.05. The third kappa shape index (κ3) is 3.61. The lowest BCUT2D eigenvalue weighted by Crippen LogP contribution is -2.21. The van der Waals surface area contributed by atoms with E-state index in [1.54, 1.807) is 11.3 Å². The number of hydrogen-bond acceptors (Lipinski definition) is 5. The van der Waals surface area contributed by atoms with Crippen LogP contribution in [-0.2, 0) is 17.6 Å². The highest BCUT2D eigenvalue weighted by molar-refractivity contribution is 7.16. The first-order chi connectivity index (χ1) is 12.2. The van der Waals surface area contributed by atoms with Crippen LogP contribution < -0.4 is 4.90 Å². The maximum absolute atomic E-state index is 12.2. The molecule has 1 aromatic carbocycles. The molecule has 4 nitrogen and oxygen atoms in total. The fourth-order valence-electron chi connectivity index (χ4n) is 3.29. The first kappa shape index (κ1) is 17.7. The van der Waals surface area contributed by atoms with Crippen molar-refractivity contribution in [3.63, 3.8) is 0 Å². The molecule has 1 aromatic heterocycles. The maximum Gasteiger partial charge on any atom is 0.341 e. The topological polar surface area (TPSA) is 41.9 Å². The zero-order valence-electron chi connectivity index (χ0n) is 15.0. The number of thiophene rings is 1. The Kier molecular flexibility index (Phi) is 5.53. The highest BCUT2D eigenvalue weighted by Crippen LogP contribution is 2.41. The number of benzene rings is 1. The van der Waals surface area contributed by atoms with Gasteiger partial charge in [0.2, 0.25) is 0 Å². The Hall–Kier alpha value is -2.14. The van der Waals surface area contributed by atoms with E-state index in [1.807, 2.05) is 6.21 Å². The van der Waals surface area contributed by atoms with E-state index in [2.05, 4.69) is 48.0 Å². The van der Waals surface area contributed by atoms with E-state index in [9.17, 15) is 4.79 Å². The molecule has 5 heteroatoms. The van der Waals surface area contributed by atoms with Crippen LogP contribution in [0.25, 0.3) is 0 Å². The largest absolute Gasteiger partial charge is 0.465 e. The number of aliphatic imine (C=N–C) groups is 1. The number of anilines is 1. The smallest absolute Gasteiger partial charge is 0.341 e. The minimum Gasteiger partial charge on any atom is -0.465 e. The summed E-state index contributed by atoms with van der Waals surface area (Å²) in [5.74, 6) is -0.275. The van der Waals surface area contributed by atoms with Crippen LogP contribution in [-0.4, -0.2) is 32.4 Å². The lowest BCUT2D eigenvalue weighted by atomic mass is 10.1. The van der Waals surface area contributed by atoms with Crippen LogP contribution >= 0.6 is 11.3 Å². The quantitative estimate of drug-likeness (QED) is 0.560. The van der Waals surface area contributed by atoms with Crippen molar-refractivity contribution in [1.29, 1.82) is 0 Å². The van der Waals surface area contributed by atoms with E-state index in [0.29, 0.717) is 5.56 Å². The number of methoxy groups -OCH3 is 1. The highest BCUT2D eigenvalue weighted by atomic mass is 32.1. The minimum atomic E-state index is -0.275. The fraction of sp³-hybridized carbons (Fsp3) is 0.400. The van der Waals surface area contributed by atoms with Crippen LogP contribution in [0.15, 0.2) is 29.3 Å². The average molecular weight is 356 g/mol. The molecule has 25 heavy (non-hydrogen) atoms. The van der Waals surface area contributed by atoms with Crippen molar-refractivity contribution in [2.24, 2.45) is 4.99 Å². The van der Waals surface area contributed by atoms with Gasteiger partial charge < -0.3 is 9.64 Å². The van der Waals surface area contributed by atoms with Gasteiger partial charge >= 0.3 is 5.97 Å². The highest BCUT2D eigenvalue weighted by Gasteiger charge is 2.26. The zero-order valence-corrected chi connectivity index (χ0v) is 15.9. The molecule has 0 amide bonds. The summed E-state index contributed by atoms with van der Waals surface area (Å²) < 4.78 is 4.97. The number of fused-ring (bicyclic) bond motifs is 1. The van der Waals surface area contributed by atoms with Gasteiger partial charge in [-0.2, -0.15) is 0 Å². The Morgan fingerprint density at radius 3 is 2.60 bits per heavy atom. The number of nitrogens with zero attached hydrogens (tertiary/aromatic N) is 2. The second kappa shape index (κ2) is 7.83. The van der Waals surface area contributed by atoms with Crippen molar-refractivity contribution >= 4 is 34.2 Å². The molecule has 1 aliphatic carbocycles. The number of carbonyl (C=O) groups is 1. The Balaban J connectivity index is 1.84. The van der Waals surface area contributed by atoms with Gasteiger partial charge in [-0.05, 0) is 56.4 Å². The number of aryl methyl sites for hydroxylation is 1. The Bertz CT molecular complexity index is 774. The summed E-state index contributed by atoms with van der Waals surface area (Å²) in [7, 11) is 1.43. The van der Waals surface area contributed by atoms with Gasteiger partial charge in [-0.25, -0.2) is 9.79 Å². The molecule has 0 saturated carbocycles. The molecule has 0 aliphatic heterocycles. The molecule has 0 radical (unpaired) electrons. The van der Waals surface area contributed by atoms with Gasteiger partial charge in [-0.3, -0.25) is 0 Å². The summed E-state index contributed by atoms with van der Waals surface area (Å²) in [6.07, 6.45) is 4.93. The number of ether oxygens (including phenoxy) is 1. The first-order valence-electron chi connectivity index (χ1n) is 8.79. The van der Waals surface area contributed by atoms with Gasteiger partial charge in [0.1, 0.15) is 5.00 Å². The summed E-state index contributed by atoms with van der Waals surface area (Å²) in [5.41, 5.74) is 4.05. The summed E-state index contributed by atoms with van der Waals surface area (Å²) in [4.78, 5) is 20.3. The van der Waals surface area contributed by atoms with Crippen LogP contribution in [0.2, 0.25) is 0 Å². The predicted octanol–water partition coefficient (Wildman–Crippen LogP) is 4.62. The SMILES string of the molecule is CCN(CC)c1ccc(C=Nc2sc3c(c2C(=O)OC)CCC3)cc1. The minimum absolute atomic E-state index is 0.275. The van der Waals surface area contributed by atoms with E-state index in [0.717, 1.165) is 48.5 Å². The summed E-state index contributed by atoms with van der Waals surface area (Å²) in [5, 5.41) is 0.768. The molecule has 0 N–H and O–H groups in total. The molecule has 0 spiro atoms. The zero-order chi connectivity index (χ0) is 17.8. The second-order valence-corrected chi connectivity index (χ2v) is 7.13. The Labute approximate surface area is 153 Å². The van der Waals surface area contributed by atoms with Crippen molar-refractivity contribution < 1.29 is 9.53 Å². The maximum atomic E-state index is 12.2. The van der Waals surface area contributed by atoms with E-state index in [-0.39, 0.29) is 5.97 Å². The Morgan fingerprint density at radius 1 is 1.24 bits per heavy atom. The molecular weight excluding hydrogens is 332 g/mol. The van der Waals surface area contributed by atoms with E-state index in [1.165, 1.54) is 17.7 Å². The third-order valence-corrected chi connectivity index (χ3v) is 5.84. The first-order valence-corrected chi connectivity index (χ1v) is 9.61. The molecule has 0 saturated heterocycles. The summed E-state index contributed by atoms with van der Waals surface area (Å²) in [6.45, 7) is 6.30. The van der Waals surface area contributed by atoms with Gasteiger partial charge in [-0.15, -0.1) is 11.3 Å². The number of esters is 1. The number of hydrogen-bond donors (Lipinski definition) is 0. The molecule has 0 fully saturated rings. The van der Waals surface area contributed by atoms with Crippen LogP contribution in [0, 0.1) is 0 Å². The lowest BCUT2D eigenvalue weighted by Gasteiger charge is -2.20. The molecule has 3 rings (SSSR count). The molecule has 0 atom stereocenters. The molecule has 132 valence electrons. The van der Waals surface area contributed by atoms with Gasteiger partial charge in [0.05, 0.1) is 12.7 Å². The van der Waals surface area contributed by atoms with Crippen LogP contribution in [0.1, 0.15) is 46.6 Å². The molecule has 1 aliphatic rings. The third-order valence-electron chi connectivity index (χ3n) is 4.64. The van der Waals surface area contributed by atoms with Crippen LogP contribution in [0.4, 0.5) is 10.7 Å². The van der Waals surface area contributed by atoms with Crippen molar-refractivity contribution in [2.45, 2.75) is 33.1 Å². The summed E-state index contributed by atoms with van der Waals surface area (Å²) in [6, 6.07) is 8.36. The molecule has 2 aromatic rings. The normalized spacial score (nSPS) is 13.2. The van der Waals surface area contributed by atoms with Gasteiger partial charge in [0, 0.05) is 29.9 Å². The van der Waals surface area contributed by atoms with Crippen molar-refractivity contribution in [2.75, 3.05) is 25.1 Å². The van der Waals surface area contributed by atoms with Crippen LogP contribution in [0.3, 0.4) is 0 Å². The number of rotatable bonds is 6. The fourth-order valence-corrected chi connectivity index (χ4v) is 4.51. The van der Waals surface area contributed by atoms with Gasteiger partial charge in [0.25, 0.3) is 0 Å². The van der Waals surface area contributed by atoms with Gasteiger partial charge in [-0.1, -0.05) is 12.1 Å². The lowest BCUT2D eigenvalue weighted by molar-refractivity contribution is 0.0601. The van der Waals surface area contributed by atoms with Crippen molar-refractivity contribution in [1.82, 2.24) is 0 Å². The predicted molar refractivity (Wildman–Crippen MR) is 105 cm³/mol. The van der Waals surface area contributed by atoms with E-state index >= 15 is 0 Å². The van der Waals surface area contributed by atoms with E-state index < -0.39 is 0 Å². The number of carbonyl (C=O) groups excluding carboxylic acids is 1. The molecule has 1 heterocycles. The Morgan fingerprint density at radius 2 is 1.96 bits per heavy atom.